The van der Waals surface area contributed by atoms with Crippen molar-refractivity contribution in [2.75, 3.05) is 11.4 Å². The summed E-state index contributed by atoms with van der Waals surface area (Å²) >= 11 is 0. The molecule has 0 radical (unpaired) electrons. The molecule has 7 rings (SSSR count). The summed E-state index contributed by atoms with van der Waals surface area (Å²) in [7, 11) is 0. The normalized spacial score (nSPS) is 22.0. The van der Waals surface area contributed by atoms with Gasteiger partial charge >= 0.3 is 11.9 Å². The van der Waals surface area contributed by atoms with Gasteiger partial charge in [0, 0.05) is 12.6 Å². The fourth-order valence-corrected chi connectivity index (χ4v) is 5.16. The molecule has 5 heterocycles. The Balaban J connectivity index is 1.17. The van der Waals surface area contributed by atoms with Gasteiger partial charge in [-0.1, -0.05) is 0 Å². The van der Waals surface area contributed by atoms with E-state index in [0.717, 1.165) is 37.3 Å². The van der Waals surface area contributed by atoms with E-state index in [4.69, 9.17) is 9.47 Å². The van der Waals surface area contributed by atoms with Crippen molar-refractivity contribution in [3.63, 3.8) is 0 Å². The molecule has 13 heteroatoms. The summed E-state index contributed by atoms with van der Waals surface area (Å²) < 4.78 is 78.9. The van der Waals surface area contributed by atoms with Gasteiger partial charge in [-0.2, -0.15) is 18.2 Å². The molecule has 3 aliphatic heterocycles. The molecule has 1 saturated carbocycles. The number of hydrogen-bond acceptors (Lipinski definition) is 7. The van der Waals surface area contributed by atoms with Crippen molar-refractivity contribution in [3.8, 4) is 17.4 Å². The first-order valence-corrected chi connectivity index (χ1v) is 10.7. The lowest BCUT2D eigenvalue weighted by atomic mass is 9.74. The molecular weight excluding hydrogens is 477 g/mol. The van der Waals surface area contributed by atoms with Crippen LogP contribution in [0.4, 0.5) is 27.8 Å². The average molecular weight is 493 g/mol. The summed E-state index contributed by atoms with van der Waals surface area (Å²) in [4.78, 5) is 24.8. The largest absolute Gasteiger partial charge is 0.473 e. The third-order valence-electron chi connectivity index (χ3n) is 6.59. The van der Waals surface area contributed by atoms with Gasteiger partial charge in [-0.25, -0.2) is 23.5 Å². The number of rotatable bonds is 5. The van der Waals surface area contributed by atoms with E-state index >= 15 is 0 Å². The minimum Gasteiger partial charge on any atom is -0.473 e. The maximum Gasteiger partial charge on any atom is 0.451 e. The smallest absolute Gasteiger partial charge is 0.451 e. The minimum absolute atomic E-state index is 0.00265. The van der Waals surface area contributed by atoms with Crippen LogP contribution in [0, 0.1) is 17.6 Å². The fourth-order valence-electron chi connectivity index (χ4n) is 5.16. The van der Waals surface area contributed by atoms with Gasteiger partial charge in [-0.05, 0) is 36.5 Å². The van der Waals surface area contributed by atoms with Crippen molar-refractivity contribution in [2.45, 2.75) is 37.7 Å². The summed E-state index contributed by atoms with van der Waals surface area (Å²) in [6.45, 7) is 1.21. The number of ether oxygens (including phenoxy) is 2. The van der Waals surface area contributed by atoms with E-state index in [-0.39, 0.29) is 29.3 Å². The lowest BCUT2D eigenvalue weighted by Gasteiger charge is -2.37. The highest BCUT2D eigenvalue weighted by Crippen LogP contribution is 2.56. The fraction of sp³-hybridized carbons (Fsp3) is 0.364. The number of aromatic nitrogens is 4. The molecule has 4 aliphatic rings. The molecule has 1 spiro atoms. The topological polar surface area (TPSA) is 82.4 Å². The van der Waals surface area contributed by atoms with Crippen LogP contribution in [0.25, 0.3) is 0 Å². The number of fused-ring (bicyclic) bond motifs is 1. The van der Waals surface area contributed by atoms with Crippen LogP contribution in [0.5, 0.6) is 17.4 Å². The second-order valence-corrected chi connectivity index (χ2v) is 8.95. The highest BCUT2D eigenvalue weighted by Gasteiger charge is 2.60. The van der Waals surface area contributed by atoms with Crippen LogP contribution in [-0.2, 0) is 19.3 Å². The predicted octanol–water partition coefficient (Wildman–Crippen LogP) is 3.68. The van der Waals surface area contributed by atoms with Crippen molar-refractivity contribution in [1.82, 2.24) is 19.5 Å². The van der Waals surface area contributed by atoms with Crippen LogP contribution in [0.2, 0.25) is 0 Å². The summed E-state index contributed by atoms with van der Waals surface area (Å²) in [5.74, 6) is -3.41. The van der Waals surface area contributed by atoms with E-state index in [1.165, 1.54) is 0 Å². The standard InChI is InChI=1S/C22H16F5N5O3/c23-14-1-11(2-15(24)18(14)35-13-6-28-19(29-7-13)22(25,26)27)9-34-16-3-17-31(20(33)30-16)10-21-4-12(5-21)8-32(17)21/h1-3,6-7,12H,4-5,8-10H2. The van der Waals surface area contributed by atoms with Gasteiger partial charge < -0.3 is 14.4 Å². The monoisotopic (exact) mass is 493 g/mol. The van der Waals surface area contributed by atoms with Gasteiger partial charge in [-0.15, -0.1) is 0 Å². The minimum atomic E-state index is -4.76. The first-order chi connectivity index (χ1) is 16.6. The molecule has 1 aliphatic carbocycles. The van der Waals surface area contributed by atoms with Crippen molar-refractivity contribution in [2.24, 2.45) is 5.92 Å². The van der Waals surface area contributed by atoms with Crippen molar-refractivity contribution < 1.29 is 31.4 Å². The number of benzene rings is 1. The zero-order chi connectivity index (χ0) is 24.5. The van der Waals surface area contributed by atoms with Gasteiger partial charge in [-0.3, -0.25) is 4.57 Å². The molecule has 0 atom stereocenters. The molecule has 1 aromatic carbocycles. The summed E-state index contributed by atoms with van der Waals surface area (Å²) in [6.07, 6.45) is -1.33. The molecule has 0 amide bonds. The Bertz CT molecular complexity index is 1360. The zero-order valence-electron chi connectivity index (χ0n) is 17.9. The average Bonchev–Trinajstić information content (AvgIpc) is 3.41. The number of halogens is 5. The van der Waals surface area contributed by atoms with Gasteiger partial charge in [0.2, 0.25) is 11.7 Å². The van der Waals surface area contributed by atoms with Gasteiger partial charge in [0.15, 0.2) is 23.1 Å². The first-order valence-electron chi connectivity index (χ1n) is 10.7. The molecule has 0 unspecified atom stereocenters. The number of anilines is 1. The van der Waals surface area contributed by atoms with E-state index in [1.807, 2.05) is 0 Å². The number of hydrogen-bond donors (Lipinski definition) is 0. The van der Waals surface area contributed by atoms with Gasteiger partial charge in [0.05, 0.1) is 24.5 Å². The van der Waals surface area contributed by atoms with E-state index < -0.39 is 35.1 Å². The molecular formula is C22H16F5N5O3. The Morgan fingerprint density at radius 3 is 2.43 bits per heavy atom. The molecule has 2 saturated heterocycles. The molecule has 35 heavy (non-hydrogen) atoms. The highest BCUT2D eigenvalue weighted by molar-refractivity contribution is 5.54. The van der Waals surface area contributed by atoms with Crippen molar-refractivity contribution >= 4 is 5.82 Å². The molecule has 3 fully saturated rings. The Morgan fingerprint density at radius 1 is 1.09 bits per heavy atom. The third-order valence-corrected chi connectivity index (χ3v) is 6.59. The lowest BCUT2D eigenvalue weighted by molar-refractivity contribution is -0.145. The van der Waals surface area contributed by atoms with Gasteiger partial charge in [0.1, 0.15) is 12.4 Å². The van der Waals surface area contributed by atoms with Gasteiger partial charge in [0.25, 0.3) is 0 Å². The molecule has 0 N–H and O–H groups in total. The summed E-state index contributed by atoms with van der Waals surface area (Å²) in [6, 6.07) is 3.56. The molecule has 2 bridgehead atoms. The van der Waals surface area contributed by atoms with Crippen LogP contribution in [-0.4, -0.2) is 31.6 Å². The Morgan fingerprint density at radius 2 is 1.77 bits per heavy atom. The summed E-state index contributed by atoms with van der Waals surface area (Å²) in [5.41, 5.74) is -0.347. The van der Waals surface area contributed by atoms with E-state index in [0.29, 0.717) is 24.9 Å². The maximum atomic E-state index is 14.5. The maximum absolute atomic E-state index is 14.5. The molecule has 2 aromatic heterocycles. The highest BCUT2D eigenvalue weighted by atomic mass is 19.4. The lowest BCUT2D eigenvalue weighted by Crippen LogP contribution is -2.44. The van der Waals surface area contributed by atoms with Crippen LogP contribution < -0.4 is 20.1 Å². The number of nitrogens with zero attached hydrogens (tertiary/aromatic N) is 5. The molecule has 3 aromatic rings. The quantitative estimate of drug-likeness (QED) is 0.502. The Labute approximate surface area is 194 Å². The Hall–Kier alpha value is -3.77. The molecule has 8 nitrogen and oxygen atoms in total. The van der Waals surface area contributed by atoms with Crippen LogP contribution in [0.3, 0.4) is 0 Å². The number of alkyl halides is 3. The zero-order valence-corrected chi connectivity index (χ0v) is 17.9. The van der Waals surface area contributed by atoms with E-state index in [9.17, 15) is 26.7 Å². The second-order valence-electron chi connectivity index (χ2n) is 8.95. The van der Waals surface area contributed by atoms with Crippen LogP contribution in [0.15, 0.2) is 35.4 Å². The van der Waals surface area contributed by atoms with E-state index in [1.54, 1.807) is 10.6 Å². The summed E-state index contributed by atoms with van der Waals surface area (Å²) in [5, 5.41) is 0. The van der Waals surface area contributed by atoms with Crippen LogP contribution >= 0.6 is 0 Å². The Kier molecular flexibility index (Phi) is 4.57. The van der Waals surface area contributed by atoms with Crippen LogP contribution in [0.1, 0.15) is 24.2 Å². The van der Waals surface area contributed by atoms with Crippen molar-refractivity contribution in [3.05, 3.63) is 64.1 Å². The van der Waals surface area contributed by atoms with Crippen molar-refractivity contribution in [1.29, 1.82) is 0 Å². The second kappa shape index (κ2) is 7.36. The first kappa shape index (κ1) is 21.7. The predicted molar refractivity (Wildman–Crippen MR) is 109 cm³/mol. The van der Waals surface area contributed by atoms with E-state index in [2.05, 4.69) is 19.9 Å². The SMILES string of the molecule is O=c1nc(OCc2cc(F)c(Oc3cnc(C(F)(F)F)nc3)c(F)c2)cc2n1CC13CC(CN21)C3. The molecule has 182 valence electrons. The third kappa shape index (κ3) is 3.56.